The maximum absolute atomic E-state index is 14.2. The molecular formula is C30H34N2O6S. The summed E-state index contributed by atoms with van der Waals surface area (Å²) in [5.41, 5.74) is 4.61. The number of benzene rings is 1. The Balaban J connectivity index is 1.62. The van der Waals surface area contributed by atoms with E-state index in [1.165, 1.54) is 11.3 Å². The van der Waals surface area contributed by atoms with Gasteiger partial charge in [0.15, 0.2) is 17.3 Å². The predicted octanol–water partition coefficient (Wildman–Crippen LogP) is 5.43. The Labute approximate surface area is 232 Å². The van der Waals surface area contributed by atoms with Crippen LogP contribution in [0.25, 0.3) is 0 Å². The highest BCUT2D eigenvalue weighted by molar-refractivity contribution is 7.17. The summed E-state index contributed by atoms with van der Waals surface area (Å²) < 4.78 is 16.7. The van der Waals surface area contributed by atoms with Crippen LogP contribution in [0.3, 0.4) is 0 Å². The van der Waals surface area contributed by atoms with Gasteiger partial charge in [-0.25, -0.2) is 4.79 Å². The van der Waals surface area contributed by atoms with Crippen LogP contribution in [0.1, 0.15) is 78.2 Å². The van der Waals surface area contributed by atoms with Crippen molar-refractivity contribution < 1.29 is 28.6 Å². The van der Waals surface area contributed by atoms with Crippen molar-refractivity contribution in [2.24, 2.45) is 0 Å². The number of ether oxygens (including phenoxy) is 3. The van der Waals surface area contributed by atoms with Crippen molar-refractivity contribution in [3.63, 3.8) is 0 Å². The first-order chi connectivity index (χ1) is 18.9. The molecule has 1 amide bonds. The lowest BCUT2D eigenvalue weighted by molar-refractivity contribution is -0.116. The van der Waals surface area contributed by atoms with Gasteiger partial charge in [0, 0.05) is 39.4 Å². The number of methoxy groups -OCH3 is 2. The standard InChI is InChI=1S/C30H34N2O6S/c1-5-38-30(35)25-17-10-6-7-15-22(17)39-29(25)32-28(34)23-16(2)31-19-12-9-13-20(33)26(19)24(23)18-11-8-14-21(36-3)27(18)37-4/h8,11,14,24,31H,5-7,9-10,12-13,15H2,1-4H3,(H,32,34)/t24-/m0/s1. The minimum atomic E-state index is -0.653. The third-order valence-electron chi connectivity index (χ3n) is 7.64. The fraction of sp³-hybridized carbons (Fsp3) is 0.433. The van der Waals surface area contributed by atoms with Crippen LogP contribution in [0.5, 0.6) is 11.5 Å². The molecule has 0 fully saturated rings. The number of dihydropyridines is 1. The summed E-state index contributed by atoms with van der Waals surface area (Å²) in [6, 6.07) is 5.50. The van der Waals surface area contributed by atoms with E-state index in [1.807, 2.05) is 19.1 Å². The lowest BCUT2D eigenvalue weighted by Gasteiger charge is -2.35. The molecule has 3 aliphatic rings. The van der Waals surface area contributed by atoms with Gasteiger partial charge in [0.05, 0.1) is 32.3 Å². The molecule has 2 aromatic rings. The van der Waals surface area contributed by atoms with Gasteiger partial charge in [-0.15, -0.1) is 11.3 Å². The van der Waals surface area contributed by atoms with E-state index in [-0.39, 0.29) is 18.3 Å². The zero-order chi connectivity index (χ0) is 27.7. The summed E-state index contributed by atoms with van der Waals surface area (Å²) in [4.78, 5) is 41.7. The summed E-state index contributed by atoms with van der Waals surface area (Å²) in [5.74, 6) is -0.432. The van der Waals surface area contributed by atoms with E-state index in [0.29, 0.717) is 50.9 Å². The monoisotopic (exact) mass is 550 g/mol. The number of anilines is 1. The van der Waals surface area contributed by atoms with Gasteiger partial charge in [-0.1, -0.05) is 12.1 Å². The third kappa shape index (κ3) is 4.84. The van der Waals surface area contributed by atoms with Crippen molar-refractivity contribution in [2.45, 2.75) is 64.7 Å². The quantitative estimate of drug-likeness (QED) is 0.443. The van der Waals surface area contributed by atoms with Crippen LogP contribution in [-0.4, -0.2) is 38.5 Å². The molecule has 39 heavy (non-hydrogen) atoms. The van der Waals surface area contributed by atoms with Crippen LogP contribution in [0.2, 0.25) is 0 Å². The molecule has 2 aliphatic carbocycles. The van der Waals surface area contributed by atoms with Gasteiger partial charge in [0.1, 0.15) is 5.00 Å². The number of fused-ring (bicyclic) bond motifs is 1. The third-order valence-corrected chi connectivity index (χ3v) is 8.85. The Morgan fingerprint density at radius 1 is 1.08 bits per heavy atom. The smallest absolute Gasteiger partial charge is 0.341 e. The van der Waals surface area contributed by atoms with Crippen LogP contribution in [0.4, 0.5) is 5.00 Å². The number of carbonyl (C=O) groups excluding carboxylic acids is 3. The molecule has 2 N–H and O–H groups in total. The van der Waals surface area contributed by atoms with Crippen molar-refractivity contribution in [3.05, 3.63) is 62.3 Å². The zero-order valence-electron chi connectivity index (χ0n) is 22.8. The lowest BCUT2D eigenvalue weighted by atomic mass is 9.74. The molecule has 5 rings (SSSR count). The second-order valence-electron chi connectivity index (χ2n) is 9.94. The maximum atomic E-state index is 14.2. The molecule has 0 spiro atoms. The van der Waals surface area contributed by atoms with Gasteiger partial charge in [-0.2, -0.15) is 0 Å². The van der Waals surface area contributed by atoms with Gasteiger partial charge in [0.25, 0.3) is 5.91 Å². The fourth-order valence-corrected chi connectivity index (χ4v) is 7.25. The molecule has 0 saturated heterocycles. The summed E-state index contributed by atoms with van der Waals surface area (Å²) in [6.07, 6.45) is 5.60. The van der Waals surface area contributed by atoms with Crippen molar-refractivity contribution in [1.82, 2.24) is 5.32 Å². The topological polar surface area (TPSA) is 103 Å². The number of esters is 1. The molecule has 206 valence electrons. The van der Waals surface area contributed by atoms with Crippen molar-refractivity contribution >= 4 is 34.0 Å². The molecule has 0 radical (unpaired) electrons. The van der Waals surface area contributed by atoms with Crippen LogP contribution >= 0.6 is 11.3 Å². The first-order valence-electron chi connectivity index (χ1n) is 13.5. The van der Waals surface area contributed by atoms with E-state index in [1.54, 1.807) is 27.2 Å². The molecule has 0 bridgehead atoms. The normalized spacial score (nSPS) is 18.7. The molecule has 0 saturated carbocycles. The number of aryl methyl sites for hydroxylation is 1. The molecule has 1 atom stereocenters. The second-order valence-corrected chi connectivity index (χ2v) is 11.0. The van der Waals surface area contributed by atoms with E-state index in [9.17, 15) is 14.4 Å². The minimum Gasteiger partial charge on any atom is -0.493 e. The van der Waals surface area contributed by atoms with E-state index in [2.05, 4.69) is 10.6 Å². The van der Waals surface area contributed by atoms with Gasteiger partial charge in [-0.05, 0) is 64.0 Å². The highest BCUT2D eigenvalue weighted by atomic mass is 32.1. The van der Waals surface area contributed by atoms with Crippen molar-refractivity contribution in [1.29, 1.82) is 0 Å². The van der Waals surface area contributed by atoms with E-state index in [0.717, 1.165) is 54.7 Å². The van der Waals surface area contributed by atoms with Crippen molar-refractivity contribution in [3.8, 4) is 11.5 Å². The molecule has 0 unspecified atom stereocenters. The zero-order valence-corrected chi connectivity index (χ0v) is 23.6. The molecule has 2 heterocycles. The van der Waals surface area contributed by atoms with Gasteiger partial charge in [0.2, 0.25) is 0 Å². The molecular weight excluding hydrogens is 516 g/mol. The number of carbonyl (C=O) groups is 3. The van der Waals surface area contributed by atoms with Gasteiger partial charge < -0.3 is 24.8 Å². The average Bonchev–Trinajstić information content (AvgIpc) is 3.29. The number of hydrogen-bond donors (Lipinski definition) is 2. The molecule has 1 aliphatic heterocycles. The molecule has 9 heteroatoms. The first-order valence-corrected chi connectivity index (χ1v) is 14.3. The summed E-state index contributed by atoms with van der Waals surface area (Å²) in [5, 5.41) is 6.91. The van der Waals surface area contributed by atoms with E-state index >= 15 is 0 Å². The predicted molar refractivity (Wildman–Crippen MR) is 150 cm³/mol. The summed E-state index contributed by atoms with van der Waals surface area (Å²) in [7, 11) is 3.11. The second kappa shape index (κ2) is 11.3. The number of hydrogen-bond acceptors (Lipinski definition) is 8. The Kier molecular flexibility index (Phi) is 7.79. The van der Waals surface area contributed by atoms with Gasteiger partial charge >= 0.3 is 5.97 Å². The Hall–Kier alpha value is -3.59. The van der Waals surface area contributed by atoms with Crippen LogP contribution in [-0.2, 0) is 27.2 Å². The van der Waals surface area contributed by atoms with E-state index < -0.39 is 11.9 Å². The lowest BCUT2D eigenvalue weighted by Crippen LogP contribution is -2.35. The number of Topliss-reactive ketones (excluding diaryl/α,β-unsaturated/α-hetero) is 1. The Bertz CT molecular complexity index is 1400. The largest absolute Gasteiger partial charge is 0.493 e. The van der Waals surface area contributed by atoms with Gasteiger partial charge in [-0.3, -0.25) is 9.59 Å². The highest BCUT2D eigenvalue weighted by Crippen LogP contribution is 2.48. The maximum Gasteiger partial charge on any atom is 0.341 e. The highest BCUT2D eigenvalue weighted by Gasteiger charge is 2.41. The Morgan fingerprint density at radius 2 is 1.87 bits per heavy atom. The number of nitrogens with one attached hydrogen (secondary N) is 2. The van der Waals surface area contributed by atoms with Crippen molar-refractivity contribution in [2.75, 3.05) is 26.1 Å². The summed E-state index contributed by atoms with van der Waals surface area (Å²) >= 11 is 1.44. The number of para-hydroxylation sites is 1. The number of thiophene rings is 1. The molecule has 1 aromatic carbocycles. The average molecular weight is 551 g/mol. The fourth-order valence-electron chi connectivity index (χ4n) is 5.98. The first kappa shape index (κ1) is 27.0. The number of amides is 1. The number of rotatable bonds is 7. The van der Waals surface area contributed by atoms with Crippen LogP contribution < -0.4 is 20.1 Å². The number of allylic oxidation sites excluding steroid dienone is 3. The molecule has 1 aromatic heterocycles. The minimum absolute atomic E-state index is 0.00947. The summed E-state index contributed by atoms with van der Waals surface area (Å²) in [6.45, 7) is 3.88. The SMILES string of the molecule is CCOC(=O)c1c(NC(=O)C2=C(C)NC3=C(C(=O)CCC3)[C@H]2c2cccc(OC)c2OC)sc2c1CCCC2. The van der Waals surface area contributed by atoms with E-state index in [4.69, 9.17) is 14.2 Å². The van der Waals surface area contributed by atoms with Crippen LogP contribution in [0, 0.1) is 0 Å². The number of ketones is 1. The Morgan fingerprint density at radius 3 is 2.62 bits per heavy atom. The molecule has 8 nitrogen and oxygen atoms in total. The van der Waals surface area contributed by atoms with Crippen LogP contribution in [0.15, 0.2) is 40.7 Å².